The summed E-state index contributed by atoms with van der Waals surface area (Å²) in [5, 5.41) is 8.96. The molecule has 1 aliphatic rings. The Balaban J connectivity index is 2.26. The van der Waals surface area contributed by atoms with Gasteiger partial charge in [0, 0.05) is 19.3 Å². The molecule has 1 N–H and O–H groups in total. The number of rotatable bonds is 2. The van der Waals surface area contributed by atoms with Gasteiger partial charge in [-0.25, -0.2) is 0 Å². The highest BCUT2D eigenvalue weighted by molar-refractivity contribution is 5.95. The lowest BCUT2D eigenvalue weighted by Gasteiger charge is -2.31. The van der Waals surface area contributed by atoms with Gasteiger partial charge in [-0.2, -0.15) is 13.2 Å². The zero-order valence-electron chi connectivity index (χ0n) is 10.9. The molecule has 0 spiro atoms. The molecule has 0 radical (unpaired) electrons. The largest absolute Gasteiger partial charge is 0.481 e. The summed E-state index contributed by atoms with van der Waals surface area (Å²) >= 11 is 0. The Hall–Kier alpha value is -2.12. The number of amides is 1. The fourth-order valence-corrected chi connectivity index (χ4v) is 2.34. The van der Waals surface area contributed by atoms with E-state index in [1.807, 2.05) is 0 Å². The van der Waals surface area contributed by atoms with Crippen LogP contribution in [0, 0.1) is 5.92 Å². The lowest BCUT2D eigenvalue weighted by molar-refractivity contribution is -0.144. The molecule has 5 nitrogen and oxygen atoms in total. The number of aliphatic carboxylic acids is 1. The molecule has 1 aromatic rings. The Morgan fingerprint density at radius 3 is 2.71 bits per heavy atom. The Kier molecular flexibility index (Phi) is 4.15. The van der Waals surface area contributed by atoms with E-state index in [0.717, 1.165) is 17.2 Å². The second kappa shape index (κ2) is 5.71. The van der Waals surface area contributed by atoms with Crippen molar-refractivity contribution in [2.45, 2.75) is 19.0 Å². The summed E-state index contributed by atoms with van der Waals surface area (Å²) in [6.07, 6.45) is -2.90. The molecule has 8 heteroatoms. The van der Waals surface area contributed by atoms with Crippen molar-refractivity contribution in [3.63, 3.8) is 0 Å². The lowest BCUT2D eigenvalue weighted by atomic mass is 9.97. The van der Waals surface area contributed by atoms with Gasteiger partial charge in [0.05, 0.1) is 11.5 Å². The quantitative estimate of drug-likeness (QED) is 0.907. The summed E-state index contributed by atoms with van der Waals surface area (Å²) in [7, 11) is 0. The van der Waals surface area contributed by atoms with Crippen LogP contribution in [0.15, 0.2) is 18.3 Å². The molecule has 0 aromatic carbocycles. The van der Waals surface area contributed by atoms with Crippen LogP contribution >= 0.6 is 0 Å². The van der Waals surface area contributed by atoms with Crippen LogP contribution in [-0.4, -0.2) is 40.0 Å². The van der Waals surface area contributed by atoms with Crippen molar-refractivity contribution >= 4 is 11.9 Å². The number of carboxylic acids is 1. The molecule has 1 aliphatic heterocycles. The molecule has 1 unspecified atom stereocenters. The minimum absolute atomic E-state index is 0.0830. The van der Waals surface area contributed by atoms with E-state index in [-0.39, 0.29) is 13.1 Å². The van der Waals surface area contributed by atoms with Gasteiger partial charge in [0.1, 0.15) is 0 Å². The maximum absolute atomic E-state index is 12.9. The minimum atomic E-state index is -4.73. The number of halogens is 3. The molecule has 0 bridgehead atoms. The SMILES string of the molecule is O=C(O)C1CCCN(C(=O)c2cccnc2C(F)(F)F)C1. The van der Waals surface area contributed by atoms with E-state index in [1.165, 1.54) is 6.07 Å². The van der Waals surface area contributed by atoms with Crippen molar-refractivity contribution in [1.82, 2.24) is 9.88 Å². The molecular formula is C13H13F3N2O3. The molecule has 21 heavy (non-hydrogen) atoms. The van der Waals surface area contributed by atoms with Crippen LogP contribution in [0.25, 0.3) is 0 Å². The predicted molar refractivity (Wildman–Crippen MR) is 65.5 cm³/mol. The number of piperidine rings is 1. The van der Waals surface area contributed by atoms with Crippen molar-refractivity contribution in [1.29, 1.82) is 0 Å². The number of pyridine rings is 1. The van der Waals surface area contributed by atoms with Crippen molar-refractivity contribution in [3.8, 4) is 0 Å². The highest BCUT2D eigenvalue weighted by Gasteiger charge is 2.38. The Morgan fingerprint density at radius 2 is 2.10 bits per heavy atom. The maximum atomic E-state index is 12.9. The van der Waals surface area contributed by atoms with Crippen molar-refractivity contribution in [3.05, 3.63) is 29.6 Å². The number of carbonyl (C=O) groups is 2. The second-order valence-electron chi connectivity index (χ2n) is 4.83. The van der Waals surface area contributed by atoms with Gasteiger partial charge in [0.2, 0.25) is 0 Å². The fourth-order valence-electron chi connectivity index (χ4n) is 2.34. The maximum Gasteiger partial charge on any atom is 0.434 e. The molecule has 1 fully saturated rings. The average Bonchev–Trinajstić information content (AvgIpc) is 2.45. The summed E-state index contributed by atoms with van der Waals surface area (Å²) in [4.78, 5) is 27.6. The van der Waals surface area contributed by atoms with E-state index in [4.69, 9.17) is 5.11 Å². The minimum Gasteiger partial charge on any atom is -0.481 e. The molecule has 2 rings (SSSR count). The second-order valence-corrected chi connectivity index (χ2v) is 4.83. The number of carbonyl (C=O) groups excluding carboxylic acids is 1. The Bertz CT molecular complexity index is 560. The molecule has 1 amide bonds. The van der Waals surface area contributed by atoms with Gasteiger partial charge in [-0.1, -0.05) is 0 Å². The first kappa shape index (κ1) is 15.3. The summed E-state index contributed by atoms with van der Waals surface area (Å²) in [6.45, 7) is 0.162. The molecule has 1 atom stereocenters. The number of hydrogen-bond acceptors (Lipinski definition) is 3. The number of hydrogen-bond donors (Lipinski definition) is 1. The lowest BCUT2D eigenvalue weighted by Crippen LogP contribution is -2.43. The highest BCUT2D eigenvalue weighted by Crippen LogP contribution is 2.31. The van der Waals surface area contributed by atoms with Gasteiger partial charge in [0.15, 0.2) is 5.69 Å². The third-order valence-corrected chi connectivity index (χ3v) is 3.36. The molecule has 0 saturated carbocycles. The third kappa shape index (κ3) is 3.32. The first-order valence-corrected chi connectivity index (χ1v) is 6.35. The van der Waals surface area contributed by atoms with Gasteiger partial charge in [-0.3, -0.25) is 14.6 Å². The number of aromatic nitrogens is 1. The monoisotopic (exact) mass is 302 g/mol. The topological polar surface area (TPSA) is 70.5 Å². The molecule has 114 valence electrons. The highest BCUT2D eigenvalue weighted by atomic mass is 19.4. The smallest absolute Gasteiger partial charge is 0.434 e. The fraction of sp³-hybridized carbons (Fsp3) is 0.462. The number of alkyl halides is 3. The summed E-state index contributed by atoms with van der Waals surface area (Å²) < 4.78 is 38.6. The van der Waals surface area contributed by atoms with Crippen LogP contribution in [0.3, 0.4) is 0 Å². The van der Waals surface area contributed by atoms with E-state index in [0.29, 0.717) is 12.8 Å². The Labute approximate surface area is 118 Å². The van der Waals surface area contributed by atoms with Crippen LogP contribution in [0.2, 0.25) is 0 Å². The molecule has 2 heterocycles. The number of nitrogens with zero attached hydrogens (tertiary/aromatic N) is 2. The van der Waals surface area contributed by atoms with E-state index < -0.39 is 35.2 Å². The predicted octanol–water partition coefficient (Wildman–Crippen LogP) is 2.04. The van der Waals surface area contributed by atoms with E-state index in [2.05, 4.69) is 4.98 Å². The normalized spacial score (nSPS) is 19.4. The number of carboxylic acid groups (broad SMARTS) is 1. The molecule has 0 aliphatic carbocycles. The number of likely N-dealkylation sites (tertiary alicyclic amines) is 1. The van der Waals surface area contributed by atoms with Gasteiger partial charge in [-0.05, 0) is 25.0 Å². The first-order valence-electron chi connectivity index (χ1n) is 6.35. The van der Waals surface area contributed by atoms with Crippen molar-refractivity contribution in [2.75, 3.05) is 13.1 Å². The zero-order chi connectivity index (χ0) is 15.6. The average molecular weight is 302 g/mol. The van der Waals surface area contributed by atoms with Gasteiger partial charge in [0.25, 0.3) is 5.91 Å². The van der Waals surface area contributed by atoms with Crippen molar-refractivity contribution < 1.29 is 27.9 Å². The third-order valence-electron chi connectivity index (χ3n) is 3.36. The standard InChI is InChI=1S/C13H13F3N2O3/c14-13(15,16)10-9(4-1-5-17-10)11(19)18-6-2-3-8(7-18)12(20)21/h1,4-5,8H,2-3,6-7H2,(H,20,21). The van der Waals surface area contributed by atoms with Crippen LogP contribution in [0.1, 0.15) is 28.9 Å². The van der Waals surface area contributed by atoms with E-state index in [1.54, 1.807) is 0 Å². The van der Waals surface area contributed by atoms with Gasteiger partial charge in [-0.15, -0.1) is 0 Å². The van der Waals surface area contributed by atoms with E-state index >= 15 is 0 Å². The van der Waals surface area contributed by atoms with Crippen LogP contribution < -0.4 is 0 Å². The van der Waals surface area contributed by atoms with Crippen molar-refractivity contribution in [2.24, 2.45) is 5.92 Å². The van der Waals surface area contributed by atoms with Crippen LogP contribution in [0.5, 0.6) is 0 Å². The van der Waals surface area contributed by atoms with Crippen LogP contribution in [0.4, 0.5) is 13.2 Å². The molecule has 1 saturated heterocycles. The summed E-state index contributed by atoms with van der Waals surface area (Å²) in [5.74, 6) is -2.62. The van der Waals surface area contributed by atoms with E-state index in [9.17, 15) is 22.8 Å². The Morgan fingerprint density at radius 1 is 1.38 bits per heavy atom. The zero-order valence-corrected chi connectivity index (χ0v) is 10.9. The van der Waals surface area contributed by atoms with Gasteiger partial charge < -0.3 is 10.0 Å². The summed E-state index contributed by atoms with van der Waals surface area (Å²) in [5.41, 5.74) is -1.79. The van der Waals surface area contributed by atoms with Crippen LogP contribution in [-0.2, 0) is 11.0 Å². The molecular weight excluding hydrogens is 289 g/mol. The first-order chi connectivity index (χ1) is 9.80. The molecule has 1 aromatic heterocycles. The summed E-state index contributed by atoms with van der Waals surface area (Å²) in [6, 6.07) is 2.31. The van der Waals surface area contributed by atoms with Gasteiger partial charge >= 0.3 is 12.1 Å².